The van der Waals surface area contributed by atoms with Crippen LogP contribution in [0.2, 0.25) is 0 Å². The molecule has 0 bridgehead atoms. The maximum atomic E-state index is 11.7. The summed E-state index contributed by atoms with van der Waals surface area (Å²) in [6.45, 7) is 6.76. The second-order valence-corrected chi connectivity index (χ2v) is 5.20. The molecule has 0 aliphatic rings. The summed E-state index contributed by atoms with van der Waals surface area (Å²) in [6.07, 6.45) is 1.01. The first-order valence-corrected chi connectivity index (χ1v) is 6.87. The van der Waals surface area contributed by atoms with Gasteiger partial charge in [0, 0.05) is 13.6 Å². The predicted molar refractivity (Wildman–Crippen MR) is 76.7 cm³/mol. The number of rotatable bonds is 6. The third kappa shape index (κ3) is 3.29. The number of amides is 1. The Morgan fingerprint density at radius 1 is 1.50 bits per heavy atom. The van der Waals surface area contributed by atoms with Crippen LogP contribution in [0.5, 0.6) is 5.75 Å². The number of nitrogens with two attached hydrogens (primary N) is 1. The molecule has 18 heavy (non-hydrogen) atoms. The Bertz CT molecular complexity index is 416. The molecule has 1 rings (SSSR count). The van der Waals surface area contributed by atoms with Crippen LogP contribution in [0.1, 0.15) is 36.9 Å². The highest BCUT2D eigenvalue weighted by Gasteiger charge is 2.22. The van der Waals surface area contributed by atoms with Gasteiger partial charge in [-0.3, -0.25) is 4.79 Å². The minimum atomic E-state index is -0.185. The number of hydrogen-bond acceptors (Lipinski definition) is 5. The van der Waals surface area contributed by atoms with Crippen molar-refractivity contribution in [3.05, 3.63) is 4.88 Å². The van der Waals surface area contributed by atoms with Gasteiger partial charge in [-0.15, -0.1) is 11.3 Å². The van der Waals surface area contributed by atoms with Crippen molar-refractivity contribution in [2.24, 2.45) is 0 Å². The van der Waals surface area contributed by atoms with Crippen molar-refractivity contribution >= 4 is 27.9 Å². The second-order valence-electron chi connectivity index (χ2n) is 4.18. The SMILES string of the molecule is CCCNc1sc(C(=O)NC)c(N)c1OC(C)C. The van der Waals surface area contributed by atoms with Gasteiger partial charge in [-0.05, 0) is 20.3 Å². The van der Waals surface area contributed by atoms with Crippen LogP contribution in [-0.4, -0.2) is 25.6 Å². The molecule has 1 heterocycles. The van der Waals surface area contributed by atoms with Gasteiger partial charge in [0.25, 0.3) is 5.91 Å². The van der Waals surface area contributed by atoms with Gasteiger partial charge in [-0.2, -0.15) is 0 Å². The summed E-state index contributed by atoms with van der Waals surface area (Å²) in [5.41, 5.74) is 6.39. The maximum Gasteiger partial charge on any atom is 0.263 e. The number of carbonyl (C=O) groups is 1. The third-order valence-electron chi connectivity index (χ3n) is 2.22. The molecule has 1 aromatic heterocycles. The summed E-state index contributed by atoms with van der Waals surface area (Å²) in [4.78, 5) is 12.2. The molecule has 0 saturated carbocycles. The first-order chi connectivity index (χ1) is 8.51. The van der Waals surface area contributed by atoms with Crippen LogP contribution in [0.3, 0.4) is 0 Å². The lowest BCUT2D eigenvalue weighted by Gasteiger charge is -2.12. The molecular formula is C12H21N3O2S. The zero-order valence-corrected chi connectivity index (χ0v) is 12.1. The standard InChI is InChI=1S/C12H21N3O2S/c1-5-6-15-12-9(17-7(2)3)8(13)10(18-12)11(16)14-4/h7,15H,5-6,13H2,1-4H3,(H,14,16). The van der Waals surface area contributed by atoms with Crippen molar-refractivity contribution in [3.8, 4) is 5.75 Å². The van der Waals surface area contributed by atoms with Gasteiger partial charge in [0.2, 0.25) is 0 Å². The van der Waals surface area contributed by atoms with Crippen molar-refractivity contribution < 1.29 is 9.53 Å². The van der Waals surface area contributed by atoms with Crippen LogP contribution in [0.4, 0.5) is 10.7 Å². The lowest BCUT2D eigenvalue weighted by Crippen LogP contribution is -2.17. The van der Waals surface area contributed by atoms with Gasteiger partial charge >= 0.3 is 0 Å². The molecular weight excluding hydrogens is 250 g/mol. The van der Waals surface area contributed by atoms with Gasteiger partial charge in [0.05, 0.1) is 6.10 Å². The van der Waals surface area contributed by atoms with Crippen molar-refractivity contribution in [2.45, 2.75) is 33.3 Å². The van der Waals surface area contributed by atoms with E-state index < -0.39 is 0 Å². The molecule has 0 unspecified atom stereocenters. The summed E-state index contributed by atoms with van der Waals surface area (Å²) in [6, 6.07) is 0. The van der Waals surface area contributed by atoms with E-state index in [0.29, 0.717) is 16.3 Å². The summed E-state index contributed by atoms with van der Waals surface area (Å²) in [5, 5.41) is 6.64. The summed E-state index contributed by atoms with van der Waals surface area (Å²) in [5.74, 6) is 0.401. The zero-order chi connectivity index (χ0) is 13.7. The summed E-state index contributed by atoms with van der Waals surface area (Å²) >= 11 is 1.33. The highest BCUT2D eigenvalue weighted by Crippen LogP contribution is 2.43. The molecule has 6 heteroatoms. The second kappa shape index (κ2) is 6.49. The first-order valence-electron chi connectivity index (χ1n) is 6.06. The zero-order valence-electron chi connectivity index (χ0n) is 11.3. The van der Waals surface area contributed by atoms with E-state index in [9.17, 15) is 4.79 Å². The number of hydrogen-bond donors (Lipinski definition) is 3. The smallest absolute Gasteiger partial charge is 0.263 e. The average molecular weight is 271 g/mol. The first kappa shape index (κ1) is 14.6. The van der Waals surface area contributed by atoms with Crippen LogP contribution in [-0.2, 0) is 0 Å². The lowest BCUT2D eigenvalue weighted by atomic mass is 10.3. The molecule has 1 aromatic rings. The van der Waals surface area contributed by atoms with Gasteiger partial charge in [0.15, 0.2) is 5.75 Å². The molecule has 0 aromatic carbocycles. The Hall–Kier alpha value is -1.43. The Kier molecular flexibility index (Phi) is 5.27. The Morgan fingerprint density at radius 3 is 2.67 bits per heavy atom. The average Bonchev–Trinajstić information content (AvgIpc) is 2.63. The van der Waals surface area contributed by atoms with E-state index in [4.69, 9.17) is 10.5 Å². The maximum absolute atomic E-state index is 11.7. The van der Waals surface area contributed by atoms with Gasteiger partial charge in [-0.25, -0.2) is 0 Å². The monoisotopic (exact) mass is 271 g/mol. The molecule has 0 radical (unpaired) electrons. The number of nitrogens with one attached hydrogen (secondary N) is 2. The highest BCUT2D eigenvalue weighted by atomic mass is 32.1. The van der Waals surface area contributed by atoms with Crippen molar-refractivity contribution in [1.29, 1.82) is 0 Å². The van der Waals surface area contributed by atoms with Crippen LogP contribution >= 0.6 is 11.3 Å². The molecule has 0 aliphatic heterocycles. The normalized spacial score (nSPS) is 10.5. The number of anilines is 2. The largest absolute Gasteiger partial charge is 0.486 e. The lowest BCUT2D eigenvalue weighted by molar-refractivity contribution is 0.0967. The molecule has 0 atom stereocenters. The molecule has 0 saturated heterocycles. The topological polar surface area (TPSA) is 76.4 Å². The van der Waals surface area contributed by atoms with E-state index in [1.807, 2.05) is 13.8 Å². The number of thiophene rings is 1. The van der Waals surface area contributed by atoms with Crippen molar-refractivity contribution in [1.82, 2.24) is 5.32 Å². The third-order valence-corrected chi connectivity index (χ3v) is 3.37. The summed E-state index contributed by atoms with van der Waals surface area (Å²) < 4.78 is 5.69. The fourth-order valence-electron chi connectivity index (χ4n) is 1.42. The molecule has 5 nitrogen and oxygen atoms in total. The van der Waals surface area contributed by atoms with Crippen LogP contribution in [0.15, 0.2) is 0 Å². The van der Waals surface area contributed by atoms with E-state index in [1.54, 1.807) is 7.05 Å². The molecule has 0 spiro atoms. The van der Waals surface area contributed by atoms with E-state index in [-0.39, 0.29) is 12.0 Å². The summed E-state index contributed by atoms with van der Waals surface area (Å²) in [7, 11) is 1.59. The predicted octanol–water partition coefficient (Wildman–Crippen LogP) is 2.30. The minimum absolute atomic E-state index is 0.0154. The number of carbonyl (C=O) groups excluding carboxylic acids is 1. The minimum Gasteiger partial charge on any atom is -0.486 e. The Morgan fingerprint density at radius 2 is 2.17 bits per heavy atom. The van der Waals surface area contributed by atoms with Crippen LogP contribution < -0.4 is 21.1 Å². The van der Waals surface area contributed by atoms with E-state index >= 15 is 0 Å². The quantitative estimate of drug-likeness (QED) is 0.742. The van der Waals surface area contributed by atoms with Gasteiger partial charge in [0.1, 0.15) is 15.6 Å². The van der Waals surface area contributed by atoms with E-state index in [0.717, 1.165) is 18.0 Å². The molecule has 1 amide bonds. The van der Waals surface area contributed by atoms with E-state index in [2.05, 4.69) is 17.6 Å². The van der Waals surface area contributed by atoms with E-state index in [1.165, 1.54) is 11.3 Å². The Labute approximate surface area is 112 Å². The van der Waals surface area contributed by atoms with Crippen molar-refractivity contribution in [2.75, 3.05) is 24.6 Å². The number of ether oxygens (including phenoxy) is 1. The number of nitrogen functional groups attached to an aromatic ring is 1. The van der Waals surface area contributed by atoms with Crippen molar-refractivity contribution in [3.63, 3.8) is 0 Å². The van der Waals surface area contributed by atoms with Crippen LogP contribution in [0, 0.1) is 0 Å². The highest BCUT2D eigenvalue weighted by molar-refractivity contribution is 7.19. The Balaban J connectivity index is 3.09. The molecule has 102 valence electrons. The van der Waals surface area contributed by atoms with Gasteiger partial charge < -0.3 is 21.1 Å². The van der Waals surface area contributed by atoms with Crippen LogP contribution in [0.25, 0.3) is 0 Å². The van der Waals surface area contributed by atoms with Gasteiger partial charge in [-0.1, -0.05) is 6.92 Å². The molecule has 4 N–H and O–H groups in total. The molecule has 0 fully saturated rings. The molecule has 0 aliphatic carbocycles. The fraction of sp³-hybridized carbons (Fsp3) is 0.583. The fourth-order valence-corrected chi connectivity index (χ4v) is 2.45.